The maximum Gasteiger partial charge on any atom is 0.266 e. The van der Waals surface area contributed by atoms with Gasteiger partial charge in [0.15, 0.2) is 0 Å². The van der Waals surface area contributed by atoms with E-state index in [-0.39, 0.29) is 5.75 Å². The number of hydrogen-bond acceptors (Lipinski definition) is 7. The molecule has 1 aliphatic heterocycles. The Morgan fingerprint density at radius 3 is 1.52 bits per heavy atom. The van der Waals surface area contributed by atoms with E-state index in [1.807, 2.05) is 4.90 Å². The summed E-state index contributed by atoms with van der Waals surface area (Å²) in [4.78, 5) is 2.05. The van der Waals surface area contributed by atoms with Crippen molar-refractivity contribution in [2.75, 3.05) is 77.7 Å². The molecule has 0 atom stereocenters. The van der Waals surface area contributed by atoms with E-state index >= 15 is 0 Å². The van der Waals surface area contributed by atoms with E-state index in [0.29, 0.717) is 6.54 Å². The molecule has 0 aromatic carbocycles. The number of rotatable bonds is 3. The van der Waals surface area contributed by atoms with Gasteiger partial charge in [-0.3, -0.25) is 9.45 Å². The fourth-order valence-corrected chi connectivity index (χ4v) is 2.57. The summed E-state index contributed by atoms with van der Waals surface area (Å²) < 4.78 is 30.6. The second-order valence-electron chi connectivity index (χ2n) is 5.13. The second-order valence-corrected chi connectivity index (χ2v) is 6.70. The van der Waals surface area contributed by atoms with Gasteiger partial charge in [0.05, 0.1) is 5.75 Å². The average Bonchev–Trinajstić information content (AvgIpc) is 2.43. The van der Waals surface area contributed by atoms with Crippen LogP contribution in [0.2, 0.25) is 0 Å². The van der Waals surface area contributed by atoms with E-state index in [2.05, 4.69) is 21.3 Å². The Kier molecular flexibility index (Phi) is 10.1. The molecule has 0 saturated carbocycles. The van der Waals surface area contributed by atoms with Gasteiger partial charge in [0, 0.05) is 72.0 Å². The predicted molar refractivity (Wildman–Crippen MR) is 84.3 cm³/mol. The molecule has 8 nitrogen and oxygen atoms in total. The highest BCUT2D eigenvalue weighted by Crippen LogP contribution is 1.90. The molecule has 126 valence electrons. The Bertz CT molecular complexity index is 337. The average molecular weight is 323 g/mol. The molecule has 0 amide bonds. The van der Waals surface area contributed by atoms with Crippen LogP contribution >= 0.6 is 0 Å². The monoisotopic (exact) mass is 323 g/mol. The Morgan fingerprint density at radius 1 is 0.762 bits per heavy atom. The van der Waals surface area contributed by atoms with Gasteiger partial charge in [0.25, 0.3) is 10.1 Å². The first-order valence-electron chi connectivity index (χ1n) is 7.58. The van der Waals surface area contributed by atoms with Gasteiger partial charge < -0.3 is 21.3 Å². The number of nitrogens with one attached hydrogen (secondary N) is 4. The Balaban J connectivity index is 2.32. The van der Waals surface area contributed by atoms with Crippen molar-refractivity contribution in [1.82, 2.24) is 26.2 Å². The summed E-state index contributed by atoms with van der Waals surface area (Å²) in [5, 5.41) is 13.3. The van der Waals surface area contributed by atoms with E-state index in [4.69, 9.17) is 4.55 Å². The maximum absolute atomic E-state index is 10.9. The lowest BCUT2D eigenvalue weighted by Crippen LogP contribution is -2.40. The zero-order valence-electron chi connectivity index (χ0n) is 12.6. The molecule has 0 radical (unpaired) electrons. The van der Waals surface area contributed by atoms with Crippen LogP contribution in [0.5, 0.6) is 0 Å². The van der Waals surface area contributed by atoms with Gasteiger partial charge in [-0.25, -0.2) is 0 Å². The number of hydrogen-bond donors (Lipinski definition) is 5. The van der Waals surface area contributed by atoms with Crippen molar-refractivity contribution in [3.63, 3.8) is 0 Å². The van der Waals surface area contributed by atoms with Gasteiger partial charge in [0.2, 0.25) is 0 Å². The van der Waals surface area contributed by atoms with Crippen molar-refractivity contribution in [3.8, 4) is 0 Å². The van der Waals surface area contributed by atoms with Crippen LogP contribution in [-0.4, -0.2) is 95.6 Å². The summed E-state index contributed by atoms with van der Waals surface area (Å²) in [6.45, 7) is 9.08. The van der Waals surface area contributed by atoms with Crippen molar-refractivity contribution in [2.24, 2.45) is 0 Å². The summed E-state index contributed by atoms with van der Waals surface area (Å²) in [5.74, 6) is -0.212. The lowest BCUT2D eigenvalue weighted by molar-refractivity contribution is 0.285. The molecular formula is C12H29N5O3S. The van der Waals surface area contributed by atoms with Crippen LogP contribution in [0.1, 0.15) is 0 Å². The quantitative estimate of drug-likeness (QED) is 0.365. The molecule has 21 heavy (non-hydrogen) atoms. The van der Waals surface area contributed by atoms with Crippen molar-refractivity contribution in [2.45, 2.75) is 0 Å². The van der Waals surface area contributed by atoms with Crippen molar-refractivity contribution >= 4 is 10.1 Å². The topological polar surface area (TPSA) is 106 Å². The second kappa shape index (κ2) is 11.3. The number of nitrogens with zero attached hydrogens (tertiary/aromatic N) is 1. The molecule has 1 heterocycles. The highest BCUT2D eigenvalue weighted by molar-refractivity contribution is 7.85. The Labute approximate surface area is 127 Å². The zero-order valence-corrected chi connectivity index (χ0v) is 13.4. The molecule has 0 unspecified atom stereocenters. The molecule has 1 aliphatic rings. The summed E-state index contributed by atoms with van der Waals surface area (Å²) in [7, 11) is -3.89. The van der Waals surface area contributed by atoms with E-state index in [0.717, 1.165) is 65.4 Å². The smallest absolute Gasteiger partial charge is 0.266 e. The third-order valence-electron chi connectivity index (χ3n) is 3.31. The van der Waals surface area contributed by atoms with E-state index in [9.17, 15) is 8.42 Å². The largest absolute Gasteiger partial charge is 0.314 e. The van der Waals surface area contributed by atoms with Gasteiger partial charge >= 0.3 is 0 Å². The lowest BCUT2D eigenvalue weighted by Gasteiger charge is -2.22. The van der Waals surface area contributed by atoms with Crippen molar-refractivity contribution in [1.29, 1.82) is 0 Å². The molecule has 9 heteroatoms. The fourth-order valence-electron chi connectivity index (χ4n) is 2.08. The first-order valence-corrected chi connectivity index (χ1v) is 9.19. The SMILES string of the molecule is O=S(=O)(O)CCN1CCNCCNCCNCCNCC1. The molecule has 1 rings (SSSR count). The van der Waals surface area contributed by atoms with E-state index < -0.39 is 10.1 Å². The fraction of sp³-hybridized carbons (Fsp3) is 1.00. The maximum atomic E-state index is 10.9. The van der Waals surface area contributed by atoms with Gasteiger partial charge in [0.1, 0.15) is 0 Å². The van der Waals surface area contributed by atoms with Gasteiger partial charge in [-0.05, 0) is 0 Å². The molecule has 0 aromatic rings. The van der Waals surface area contributed by atoms with E-state index in [1.165, 1.54) is 0 Å². The normalized spacial score (nSPS) is 22.3. The Hall–Kier alpha value is -0.290. The van der Waals surface area contributed by atoms with Crippen LogP contribution in [0.25, 0.3) is 0 Å². The first kappa shape index (κ1) is 18.8. The van der Waals surface area contributed by atoms with Gasteiger partial charge in [-0.1, -0.05) is 0 Å². The summed E-state index contributed by atoms with van der Waals surface area (Å²) in [5.41, 5.74) is 0. The first-order chi connectivity index (χ1) is 10.1. The zero-order chi connectivity index (χ0) is 15.4. The molecule has 0 spiro atoms. The van der Waals surface area contributed by atoms with Crippen LogP contribution in [0.4, 0.5) is 0 Å². The molecule has 1 fully saturated rings. The highest BCUT2D eigenvalue weighted by Gasteiger charge is 2.10. The van der Waals surface area contributed by atoms with Crippen LogP contribution in [0, 0.1) is 0 Å². The third kappa shape index (κ3) is 12.0. The van der Waals surface area contributed by atoms with Crippen molar-refractivity contribution in [3.05, 3.63) is 0 Å². The summed E-state index contributed by atoms with van der Waals surface area (Å²) >= 11 is 0. The lowest BCUT2D eigenvalue weighted by atomic mass is 10.4. The minimum Gasteiger partial charge on any atom is -0.314 e. The molecule has 1 saturated heterocycles. The highest BCUT2D eigenvalue weighted by atomic mass is 32.2. The van der Waals surface area contributed by atoms with Gasteiger partial charge in [-0.2, -0.15) is 8.42 Å². The molecular weight excluding hydrogens is 294 g/mol. The van der Waals surface area contributed by atoms with Crippen molar-refractivity contribution < 1.29 is 13.0 Å². The minimum absolute atomic E-state index is 0.212. The molecule has 0 bridgehead atoms. The Morgan fingerprint density at radius 2 is 1.14 bits per heavy atom. The third-order valence-corrected chi connectivity index (χ3v) is 4.01. The summed E-state index contributed by atoms with van der Waals surface area (Å²) in [6.07, 6.45) is 0. The minimum atomic E-state index is -3.89. The van der Waals surface area contributed by atoms with Crippen LogP contribution < -0.4 is 21.3 Å². The molecule has 5 N–H and O–H groups in total. The van der Waals surface area contributed by atoms with E-state index in [1.54, 1.807) is 0 Å². The van der Waals surface area contributed by atoms with Crippen LogP contribution in [-0.2, 0) is 10.1 Å². The van der Waals surface area contributed by atoms with Crippen LogP contribution in [0.3, 0.4) is 0 Å². The van der Waals surface area contributed by atoms with Crippen LogP contribution in [0.15, 0.2) is 0 Å². The van der Waals surface area contributed by atoms with Gasteiger partial charge in [-0.15, -0.1) is 0 Å². The molecule has 0 aliphatic carbocycles. The summed E-state index contributed by atoms with van der Waals surface area (Å²) in [6, 6.07) is 0. The predicted octanol–water partition coefficient (Wildman–Crippen LogP) is -2.45. The molecule has 0 aromatic heterocycles. The standard InChI is InChI=1S/C12H29N5O3S/c18-21(19,20)12-11-17-9-7-15-5-3-13-1-2-14-4-6-16-8-10-17/h13-16H,1-12H2,(H,18,19,20).